The van der Waals surface area contributed by atoms with Crippen molar-refractivity contribution in [3.63, 3.8) is 0 Å². The molecule has 2 rings (SSSR count). The smallest absolute Gasteiger partial charge is 0.238 e. The van der Waals surface area contributed by atoms with Crippen LogP contribution in [0.15, 0.2) is 24.3 Å². The first-order valence-corrected chi connectivity index (χ1v) is 7.02. The number of piperidine rings is 1. The molecule has 2 N–H and O–H groups in total. The normalized spacial score (nSPS) is 23.6. The highest BCUT2D eigenvalue weighted by molar-refractivity contribution is 5.92. The van der Waals surface area contributed by atoms with Crippen LogP contribution in [0.3, 0.4) is 0 Å². The van der Waals surface area contributed by atoms with Crippen molar-refractivity contribution in [1.82, 2.24) is 10.2 Å². The summed E-state index contributed by atoms with van der Waals surface area (Å²) in [6.07, 6.45) is 1.05. The van der Waals surface area contributed by atoms with Crippen molar-refractivity contribution in [1.29, 1.82) is 0 Å². The predicted octanol–water partition coefficient (Wildman–Crippen LogP) is 1.69. The second-order valence-corrected chi connectivity index (χ2v) is 5.57. The van der Waals surface area contributed by atoms with Gasteiger partial charge in [0.25, 0.3) is 0 Å². The summed E-state index contributed by atoms with van der Waals surface area (Å²) >= 11 is 0. The van der Waals surface area contributed by atoms with Crippen LogP contribution in [-0.2, 0) is 4.79 Å². The number of hydrogen-bond acceptors (Lipinski definition) is 3. The molecule has 1 aromatic carbocycles. The maximum Gasteiger partial charge on any atom is 0.238 e. The van der Waals surface area contributed by atoms with Crippen molar-refractivity contribution < 1.29 is 9.18 Å². The molecule has 2 atom stereocenters. The molecule has 1 aromatic rings. The van der Waals surface area contributed by atoms with Gasteiger partial charge in [-0.1, -0.05) is 13.0 Å². The van der Waals surface area contributed by atoms with Gasteiger partial charge in [0.15, 0.2) is 0 Å². The first-order chi connectivity index (χ1) is 9.54. The Hall–Kier alpha value is -1.46. The Kier molecular flexibility index (Phi) is 5.09. The van der Waals surface area contributed by atoms with Crippen LogP contribution >= 0.6 is 0 Å². The van der Waals surface area contributed by atoms with Gasteiger partial charge >= 0.3 is 0 Å². The van der Waals surface area contributed by atoms with Gasteiger partial charge in [0.1, 0.15) is 5.82 Å². The maximum atomic E-state index is 13.0. The average Bonchev–Trinajstić information content (AvgIpc) is 2.37. The van der Waals surface area contributed by atoms with Crippen molar-refractivity contribution in [2.75, 3.05) is 32.0 Å². The van der Waals surface area contributed by atoms with E-state index in [-0.39, 0.29) is 18.3 Å². The standard InChI is InChI=1S/C15H22FN3O/c1-11-10-19(2)7-6-14(11)17-9-15(20)18-13-5-3-4-12(16)8-13/h3-5,8,11,14,17H,6-7,9-10H2,1-2H3,(H,18,20). The molecule has 0 saturated carbocycles. The Morgan fingerprint density at radius 2 is 2.30 bits per heavy atom. The molecule has 1 heterocycles. The van der Waals surface area contributed by atoms with E-state index in [1.165, 1.54) is 12.1 Å². The molecule has 5 heteroatoms. The van der Waals surface area contributed by atoms with Crippen LogP contribution in [0.5, 0.6) is 0 Å². The summed E-state index contributed by atoms with van der Waals surface area (Å²) in [7, 11) is 2.11. The van der Waals surface area contributed by atoms with Crippen molar-refractivity contribution in [2.45, 2.75) is 19.4 Å². The van der Waals surface area contributed by atoms with E-state index in [9.17, 15) is 9.18 Å². The Bertz CT molecular complexity index is 466. The predicted molar refractivity (Wildman–Crippen MR) is 78.1 cm³/mol. The Morgan fingerprint density at radius 1 is 1.50 bits per heavy atom. The number of nitrogens with zero attached hydrogens (tertiary/aromatic N) is 1. The number of hydrogen-bond donors (Lipinski definition) is 2. The maximum absolute atomic E-state index is 13.0. The third-order valence-corrected chi connectivity index (χ3v) is 3.74. The third kappa shape index (κ3) is 4.28. The largest absolute Gasteiger partial charge is 0.325 e. The lowest BCUT2D eigenvalue weighted by molar-refractivity contribution is -0.115. The summed E-state index contributed by atoms with van der Waals surface area (Å²) in [6, 6.07) is 6.30. The minimum absolute atomic E-state index is 0.137. The lowest BCUT2D eigenvalue weighted by atomic mass is 9.94. The highest BCUT2D eigenvalue weighted by Gasteiger charge is 2.24. The average molecular weight is 279 g/mol. The number of amides is 1. The minimum atomic E-state index is -0.348. The zero-order chi connectivity index (χ0) is 14.5. The molecule has 1 amide bonds. The van der Waals surface area contributed by atoms with Gasteiger partial charge < -0.3 is 15.5 Å². The van der Waals surface area contributed by atoms with E-state index in [4.69, 9.17) is 0 Å². The van der Waals surface area contributed by atoms with Crippen LogP contribution in [-0.4, -0.2) is 43.5 Å². The van der Waals surface area contributed by atoms with Crippen LogP contribution < -0.4 is 10.6 Å². The molecular weight excluding hydrogens is 257 g/mol. The molecule has 2 unspecified atom stereocenters. The lowest BCUT2D eigenvalue weighted by Crippen LogP contribution is -2.48. The van der Waals surface area contributed by atoms with Gasteiger partial charge in [-0.2, -0.15) is 0 Å². The number of rotatable bonds is 4. The van der Waals surface area contributed by atoms with Gasteiger partial charge in [-0.25, -0.2) is 4.39 Å². The molecule has 4 nitrogen and oxygen atoms in total. The SMILES string of the molecule is CC1CN(C)CCC1NCC(=O)Nc1cccc(F)c1. The van der Waals surface area contributed by atoms with Crippen LogP contribution in [0, 0.1) is 11.7 Å². The Morgan fingerprint density at radius 3 is 3.00 bits per heavy atom. The van der Waals surface area contributed by atoms with Gasteiger partial charge in [0.05, 0.1) is 6.54 Å². The van der Waals surface area contributed by atoms with Gasteiger partial charge in [0, 0.05) is 18.3 Å². The molecule has 0 bridgehead atoms. The fraction of sp³-hybridized carbons (Fsp3) is 0.533. The van der Waals surface area contributed by atoms with Gasteiger partial charge in [-0.15, -0.1) is 0 Å². The molecule has 0 radical (unpaired) electrons. The molecule has 1 fully saturated rings. The Labute approximate surface area is 119 Å². The fourth-order valence-electron chi connectivity index (χ4n) is 2.65. The van der Waals surface area contributed by atoms with E-state index >= 15 is 0 Å². The first-order valence-electron chi connectivity index (χ1n) is 7.02. The van der Waals surface area contributed by atoms with Crippen molar-refractivity contribution in [2.24, 2.45) is 5.92 Å². The van der Waals surface area contributed by atoms with Gasteiger partial charge in [-0.05, 0) is 44.1 Å². The number of carbonyl (C=O) groups excluding carboxylic acids is 1. The highest BCUT2D eigenvalue weighted by Crippen LogP contribution is 2.15. The summed E-state index contributed by atoms with van der Waals surface area (Å²) in [6.45, 7) is 4.55. The molecule has 1 aliphatic rings. The summed E-state index contributed by atoms with van der Waals surface area (Å²) in [4.78, 5) is 14.1. The van der Waals surface area contributed by atoms with E-state index in [0.717, 1.165) is 19.5 Å². The van der Waals surface area contributed by atoms with E-state index in [2.05, 4.69) is 29.5 Å². The quantitative estimate of drug-likeness (QED) is 0.881. The molecule has 110 valence electrons. The number of nitrogens with one attached hydrogen (secondary N) is 2. The zero-order valence-electron chi connectivity index (χ0n) is 12.0. The highest BCUT2D eigenvalue weighted by atomic mass is 19.1. The molecule has 1 aliphatic heterocycles. The molecule has 20 heavy (non-hydrogen) atoms. The molecule has 0 aromatic heterocycles. The third-order valence-electron chi connectivity index (χ3n) is 3.74. The molecule has 0 spiro atoms. The molecule has 1 saturated heterocycles. The summed E-state index contributed by atoms with van der Waals surface area (Å²) < 4.78 is 13.0. The van der Waals surface area contributed by atoms with Crippen molar-refractivity contribution >= 4 is 11.6 Å². The number of carbonyl (C=O) groups is 1. The molecular formula is C15H22FN3O. The Balaban J connectivity index is 1.78. The van der Waals surface area contributed by atoms with Crippen molar-refractivity contribution in [3.8, 4) is 0 Å². The van der Waals surface area contributed by atoms with E-state index in [1.54, 1.807) is 12.1 Å². The minimum Gasteiger partial charge on any atom is -0.325 e. The summed E-state index contributed by atoms with van der Waals surface area (Å²) in [5.41, 5.74) is 0.494. The summed E-state index contributed by atoms with van der Waals surface area (Å²) in [5, 5.41) is 5.99. The van der Waals surface area contributed by atoms with Crippen molar-refractivity contribution in [3.05, 3.63) is 30.1 Å². The topological polar surface area (TPSA) is 44.4 Å². The fourth-order valence-corrected chi connectivity index (χ4v) is 2.65. The van der Waals surface area contributed by atoms with E-state index in [0.29, 0.717) is 17.6 Å². The number of benzene rings is 1. The van der Waals surface area contributed by atoms with Gasteiger partial charge in [0.2, 0.25) is 5.91 Å². The number of halogens is 1. The zero-order valence-corrected chi connectivity index (χ0v) is 12.0. The van der Waals surface area contributed by atoms with Crippen LogP contribution in [0.1, 0.15) is 13.3 Å². The summed E-state index contributed by atoms with van der Waals surface area (Å²) in [5.74, 6) is 0.0390. The second kappa shape index (κ2) is 6.81. The second-order valence-electron chi connectivity index (χ2n) is 5.57. The molecule has 0 aliphatic carbocycles. The van der Waals surface area contributed by atoms with Crippen LogP contribution in [0.25, 0.3) is 0 Å². The monoisotopic (exact) mass is 279 g/mol. The van der Waals surface area contributed by atoms with Crippen LogP contribution in [0.4, 0.5) is 10.1 Å². The van der Waals surface area contributed by atoms with E-state index in [1.807, 2.05) is 0 Å². The number of anilines is 1. The van der Waals surface area contributed by atoms with Crippen LogP contribution in [0.2, 0.25) is 0 Å². The number of likely N-dealkylation sites (tertiary alicyclic amines) is 1. The lowest BCUT2D eigenvalue weighted by Gasteiger charge is -2.35. The van der Waals surface area contributed by atoms with E-state index < -0.39 is 0 Å². The first kappa shape index (κ1) is 14.9. The van der Waals surface area contributed by atoms with Gasteiger partial charge in [-0.3, -0.25) is 4.79 Å².